The first kappa shape index (κ1) is 13.6. The molecule has 2 aromatic heterocycles. The lowest BCUT2D eigenvalue weighted by Crippen LogP contribution is -2.39. The number of amides is 2. The van der Waals surface area contributed by atoms with Crippen LogP contribution < -0.4 is 10.2 Å². The first-order valence-corrected chi connectivity index (χ1v) is 7.31. The predicted molar refractivity (Wildman–Crippen MR) is 83.1 cm³/mol. The highest BCUT2D eigenvalue weighted by Crippen LogP contribution is 2.26. The molecule has 23 heavy (non-hydrogen) atoms. The summed E-state index contributed by atoms with van der Waals surface area (Å²) in [5, 5.41) is 2.57. The van der Waals surface area contributed by atoms with Crippen LogP contribution in [0.2, 0.25) is 0 Å². The molecule has 1 N–H and O–H groups in total. The Kier molecular flexibility index (Phi) is 3.11. The quantitative estimate of drug-likeness (QED) is 0.793. The van der Waals surface area contributed by atoms with Crippen molar-refractivity contribution in [1.29, 1.82) is 0 Å². The van der Waals surface area contributed by atoms with Gasteiger partial charge in [-0.05, 0) is 24.3 Å². The topological polar surface area (TPSA) is 80.4 Å². The fourth-order valence-electron chi connectivity index (χ4n) is 2.77. The first-order valence-electron chi connectivity index (χ1n) is 7.31. The van der Waals surface area contributed by atoms with E-state index in [1.165, 1.54) is 6.26 Å². The number of aromatic nitrogens is 2. The number of para-hydroxylation sites is 2. The van der Waals surface area contributed by atoms with E-state index < -0.39 is 5.91 Å². The van der Waals surface area contributed by atoms with Gasteiger partial charge < -0.3 is 14.3 Å². The summed E-state index contributed by atoms with van der Waals surface area (Å²) in [6.45, 7) is 1.17. The van der Waals surface area contributed by atoms with E-state index in [1.807, 2.05) is 28.8 Å². The monoisotopic (exact) mass is 310 g/mol. The molecule has 0 aliphatic carbocycles. The van der Waals surface area contributed by atoms with E-state index in [0.29, 0.717) is 19.0 Å². The Morgan fingerprint density at radius 3 is 2.87 bits per heavy atom. The van der Waals surface area contributed by atoms with E-state index in [-0.39, 0.29) is 18.2 Å². The van der Waals surface area contributed by atoms with Gasteiger partial charge in [-0.15, -0.1) is 0 Å². The molecule has 7 nitrogen and oxygen atoms in total. The average molecular weight is 310 g/mol. The molecule has 1 aliphatic rings. The van der Waals surface area contributed by atoms with Crippen molar-refractivity contribution in [2.45, 2.75) is 6.54 Å². The van der Waals surface area contributed by atoms with Crippen molar-refractivity contribution in [1.82, 2.24) is 14.9 Å². The van der Waals surface area contributed by atoms with Crippen LogP contribution in [0.3, 0.4) is 0 Å². The van der Waals surface area contributed by atoms with Crippen molar-refractivity contribution in [3.05, 3.63) is 48.4 Å². The number of furan rings is 1. The van der Waals surface area contributed by atoms with Gasteiger partial charge in [0.05, 0.1) is 23.8 Å². The van der Waals surface area contributed by atoms with Crippen LogP contribution in [0.5, 0.6) is 0 Å². The molecule has 7 heteroatoms. The van der Waals surface area contributed by atoms with Crippen molar-refractivity contribution in [3.63, 3.8) is 0 Å². The Balaban J connectivity index is 1.50. The van der Waals surface area contributed by atoms with Crippen LogP contribution in [0.4, 0.5) is 5.95 Å². The third-order valence-electron chi connectivity index (χ3n) is 3.87. The number of carbonyl (C=O) groups is 2. The Morgan fingerprint density at radius 1 is 1.17 bits per heavy atom. The second-order valence-electron chi connectivity index (χ2n) is 5.26. The number of carbonyl (C=O) groups excluding carboxylic acids is 2. The van der Waals surface area contributed by atoms with Gasteiger partial charge in [-0.1, -0.05) is 12.1 Å². The molecule has 0 radical (unpaired) electrons. The maximum Gasteiger partial charge on any atom is 0.287 e. The second kappa shape index (κ2) is 5.28. The molecular weight excluding hydrogens is 296 g/mol. The normalized spacial score (nSPS) is 13.3. The zero-order valence-electron chi connectivity index (χ0n) is 12.2. The maximum absolute atomic E-state index is 12.4. The highest BCUT2D eigenvalue weighted by molar-refractivity contribution is 5.99. The summed E-state index contributed by atoms with van der Waals surface area (Å²) in [5.74, 6) is 0.213. The minimum Gasteiger partial charge on any atom is -0.459 e. The Labute approximate surface area is 131 Å². The fraction of sp³-hybridized carbons (Fsp3) is 0.188. The van der Waals surface area contributed by atoms with Crippen LogP contribution >= 0.6 is 0 Å². The first-order chi connectivity index (χ1) is 11.2. The zero-order valence-corrected chi connectivity index (χ0v) is 12.2. The Hall–Kier alpha value is -3.09. The molecule has 0 saturated heterocycles. The highest BCUT2D eigenvalue weighted by Gasteiger charge is 2.28. The summed E-state index contributed by atoms with van der Waals surface area (Å²) in [6.07, 6.45) is 1.42. The van der Waals surface area contributed by atoms with Crippen molar-refractivity contribution < 1.29 is 14.0 Å². The zero-order chi connectivity index (χ0) is 15.8. The third-order valence-corrected chi connectivity index (χ3v) is 3.87. The minimum absolute atomic E-state index is 0.0945. The minimum atomic E-state index is -0.406. The lowest BCUT2D eigenvalue weighted by molar-refractivity contribution is -0.117. The van der Waals surface area contributed by atoms with E-state index in [1.54, 1.807) is 17.0 Å². The number of rotatable bonds is 3. The molecule has 0 fully saturated rings. The third kappa shape index (κ3) is 2.26. The number of anilines is 1. The van der Waals surface area contributed by atoms with E-state index >= 15 is 0 Å². The molecule has 0 atom stereocenters. The Morgan fingerprint density at radius 2 is 2.04 bits per heavy atom. The average Bonchev–Trinajstić information content (AvgIpc) is 3.27. The van der Waals surface area contributed by atoms with Gasteiger partial charge >= 0.3 is 0 Å². The number of nitrogens with one attached hydrogen (secondary N) is 1. The van der Waals surface area contributed by atoms with Crippen molar-refractivity contribution >= 4 is 28.8 Å². The number of benzene rings is 1. The van der Waals surface area contributed by atoms with Crippen LogP contribution in [0.15, 0.2) is 47.1 Å². The van der Waals surface area contributed by atoms with Gasteiger partial charge in [0.15, 0.2) is 5.76 Å². The van der Waals surface area contributed by atoms with Gasteiger partial charge in [0.1, 0.15) is 0 Å². The van der Waals surface area contributed by atoms with Crippen molar-refractivity contribution in [2.24, 2.45) is 0 Å². The molecule has 4 rings (SSSR count). The van der Waals surface area contributed by atoms with E-state index in [0.717, 1.165) is 11.0 Å². The number of fused-ring (bicyclic) bond motifs is 3. The molecule has 2 amide bonds. The second-order valence-corrected chi connectivity index (χ2v) is 5.26. The summed E-state index contributed by atoms with van der Waals surface area (Å²) in [5.41, 5.74) is 1.87. The number of hydrogen-bond acceptors (Lipinski definition) is 4. The molecular formula is C16H14N4O3. The largest absolute Gasteiger partial charge is 0.459 e. The van der Waals surface area contributed by atoms with Crippen LogP contribution in [-0.4, -0.2) is 34.5 Å². The number of imidazole rings is 1. The predicted octanol–water partition coefficient (Wildman–Crippen LogP) is 1.41. The highest BCUT2D eigenvalue weighted by atomic mass is 16.3. The van der Waals surface area contributed by atoms with E-state index in [9.17, 15) is 9.59 Å². The lowest BCUT2D eigenvalue weighted by atomic mass is 10.3. The van der Waals surface area contributed by atoms with Gasteiger partial charge in [-0.3, -0.25) is 14.5 Å². The molecule has 3 heterocycles. The van der Waals surface area contributed by atoms with Crippen LogP contribution in [0.25, 0.3) is 11.0 Å². The van der Waals surface area contributed by atoms with Crippen LogP contribution in [-0.2, 0) is 11.3 Å². The molecule has 1 aromatic carbocycles. The molecule has 3 aromatic rings. The maximum atomic E-state index is 12.4. The fourth-order valence-corrected chi connectivity index (χ4v) is 2.77. The van der Waals surface area contributed by atoms with Crippen molar-refractivity contribution in [3.8, 4) is 0 Å². The van der Waals surface area contributed by atoms with E-state index in [2.05, 4.69) is 10.3 Å². The molecule has 0 bridgehead atoms. The van der Waals surface area contributed by atoms with Crippen molar-refractivity contribution in [2.75, 3.05) is 18.0 Å². The standard InChI is InChI=1S/C16H14N4O3/c21-14(10-17-15(22)13-6-3-9-23-13)20-8-7-19-12-5-2-1-4-11(12)18-16(19)20/h1-6,9H,7-8,10H2,(H,17,22). The SMILES string of the molecule is O=C(NCC(=O)N1CCn2c1nc1ccccc12)c1ccco1. The summed E-state index contributed by atoms with van der Waals surface area (Å²) in [6, 6.07) is 10.9. The number of nitrogens with zero attached hydrogens (tertiary/aromatic N) is 3. The summed E-state index contributed by atoms with van der Waals surface area (Å²) in [7, 11) is 0. The molecule has 0 spiro atoms. The summed E-state index contributed by atoms with van der Waals surface area (Å²) >= 11 is 0. The van der Waals surface area contributed by atoms with Gasteiger partial charge in [-0.25, -0.2) is 4.98 Å². The summed E-state index contributed by atoms with van der Waals surface area (Å²) < 4.78 is 7.01. The number of hydrogen-bond donors (Lipinski definition) is 1. The molecule has 116 valence electrons. The lowest BCUT2D eigenvalue weighted by Gasteiger charge is -2.13. The Bertz CT molecular complexity index is 882. The summed E-state index contributed by atoms with van der Waals surface area (Å²) in [4.78, 5) is 30.3. The molecule has 0 saturated carbocycles. The van der Waals surface area contributed by atoms with Gasteiger partial charge in [0.25, 0.3) is 5.91 Å². The van der Waals surface area contributed by atoms with Crippen LogP contribution in [0, 0.1) is 0 Å². The van der Waals surface area contributed by atoms with Gasteiger partial charge in [-0.2, -0.15) is 0 Å². The van der Waals surface area contributed by atoms with Gasteiger partial charge in [0.2, 0.25) is 11.9 Å². The molecule has 1 aliphatic heterocycles. The van der Waals surface area contributed by atoms with E-state index in [4.69, 9.17) is 4.42 Å². The molecule has 0 unspecified atom stereocenters. The van der Waals surface area contributed by atoms with Crippen LogP contribution in [0.1, 0.15) is 10.6 Å². The van der Waals surface area contributed by atoms with Gasteiger partial charge in [0, 0.05) is 13.1 Å². The smallest absolute Gasteiger partial charge is 0.287 e.